The van der Waals surface area contributed by atoms with E-state index in [1.54, 1.807) is 0 Å². The number of rotatable bonds is 7. The summed E-state index contributed by atoms with van der Waals surface area (Å²) in [5, 5.41) is 13.9. The lowest BCUT2D eigenvalue weighted by Gasteiger charge is -2.10. The van der Waals surface area contributed by atoms with E-state index < -0.39 is 0 Å². The summed E-state index contributed by atoms with van der Waals surface area (Å²) in [4.78, 5) is 0. The van der Waals surface area contributed by atoms with Gasteiger partial charge in [-0.3, -0.25) is 0 Å². The first-order valence-corrected chi connectivity index (χ1v) is 5.53. The molecule has 0 spiro atoms. The van der Waals surface area contributed by atoms with Gasteiger partial charge in [0.1, 0.15) is 0 Å². The Morgan fingerprint density at radius 2 is 2.12 bits per heavy atom. The van der Waals surface area contributed by atoms with Crippen LogP contribution in [-0.2, 0) is 4.74 Å². The van der Waals surface area contributed by atoms with Gasteiger partial charge in [-0.2, -0.15) is 0 Å². The maximum absolute atomic E-state index is 5.41. The van der Waals surface area contributed by atoms with E-state index in [4.69, 9.17) is 9.15 Å². The van der Waals surface area contributed by atoms with Crippen molar-refractivity contribution >= 4 is 6.01 Å². The Morgan fingerprint density at radius 3 is 2.75 bits per heavy atom. The molecule has 0 bridgehead atoms. The molecule has 0 aromatic carbocycles. The largest absolute Gasteiger partial charge is 0.406 e. The molecule has 0 fully saturated rings. The van der Waals surface area contributed by atoms with Crippen LogP contribution in [-0.4, -0.2) is 36.5 Å². The summed E-state index contributed by atoms with van der Waals surface area (Å²) in [5.41, 5.74) is 0. The van der Waals surface area contributed by atoms with Crippen LogP contribution in [0.15, 0.2) is 4.42 Å². The fourth-order valence-corrected chi connectivity index (χ4v) is 1.18. The first-order chi connectivity index (χ1) is 7.67. The van der Waals surface area contributed by atoms with Crippen molar-refractivity contribution in [3.8, 4) is 0 Å². The average Bonchev–Trinajstić information content (AvgIpc) is 2.74. The highest BCUT2D eigenvalue weighted by molar-refractivity contribution is 5.17. The number of hydrogen-bond donors (Lipinski definition) is 2. The molecule has 1 heterocycles. The van der Waals surface area contributed by atoms with Gasteiger partial charge >= 0.3 is 6.01 Å². The lowest BCUT2D eigenvalue weighted by molar-refractivity contribution is 0.0851. The minimum Gasteiger partial charge on any atom is -0.406 e. The number of hydrogen-bond acceptors (Lipinski definition) is 6. The van der Waals surface area contributed by atoms with Gasteiger partial charge in [0.25, 0.3) is 0 Å². The minimum absolute atomic E-state index is 0.0624. The van der Waals surface area contributed by atoms with Crippen molar-refractivity contribution in [2.24, 2.45) is 0 Å². The van der Waals surface area contributed by atoms with Crippen molar-refractivity contribution < 1.29 is 9.15 Å². The molecule has 1 aromatic heterocycles. The standard InChI is InChI=1S/C10H20N4O2/c1-5-15-7(2)6-12-10-14-13-9(16-10)8(3)11-4/h7-8,11H,5-6H2,1-4H3,(H,12,14). The SMILES string of the molecule is CCOC(C)CNc1nnc(C(C)NC)o1. The predicted molar refractivity (Wildman–Crippen MR) is 61.4 cm³/mol. The van der Waals surface area contributed by atoms with Gasteiger partial charge in [-0.05, 0) is 27.8 Å². The number of ether oxygens (including phenoxy) is 1. The van der Waals surface area contributed by atoms with Crippen molar-refractivity contribution in [3.63, 3.8) is 0 Å². The van der Waals surface area contributed by atoms with Crippen LogP contribution in [0.4, 0.5) is 6.01 Å². The second-order valence-electron chi connectivity index (χ2n) is 3.60. The van der Waals surface area contributed by atoms with E-state index in [1.165, 1.54) is 0 Å². The van der Waals surface area contributed by atoms with E-state index in [0.29, 0.717) is 25.1 Å². The molecule has 2 N–H and O–H groups in total. The minimum atomic E-state index is 0.0624. The fourth-order valence-electron chi connectivity index (χ4n) is 1.18. The van der Waals surface area contributed by atoms with E-state index in [0.717, 1.165) is 0 Å². The molecule has 6 nitrogen and oxygen atoms in total. The van der Waals surface area contributed by atoms with Crippen molar-refractivity contribution in [2.75, 3.05) is 25.5 Å². The molecule has 0 saturated carbocycles. The molecule has 1 aromatic rings. The number of aromatic nitrogens is 2. The van der Waals surface area contributed by atoms with Gasteiger partial charge in [0, 0.05) is 13.2 Å². The highest BCUT2D eigenvalue weighted by atomic mass is 16.5. The Labute approximate surface area is 95.8 Å². The first kappa shape index (κ1) is 12.9. The molecule has 2 unspecified atom stereocenters. The van der Waals surface area contributed by atoms with E-state index in [9.17, 15) is 0 Å². The van der Waals surface area contributed by atoms with Crippen LogP contribution >= 0.6 is 0 Å². The van der Waals surface area contributed by atoms with Crippen LogP contribution in [0, 0.1) is 0 Å². The maximum Gasteiger partial charge on any atom is 0.315 e. The number of nitrogens with one attached hydrogen (secondary N) is 2. The summed E-state index contributed by atoms with van der Waals surface area (Å²) in [6.07, 6.45) is 0.127. The molecule has 0 aliphatic heterocycles. The Hall–Kier alpha value is -1.14. The number of anilines is 1. The van der Waals surface area contributed by atoms with Crippen LogP contribution < -0.4 is 10.6 Å². The molecule has 0 amide bonds. The molecule has 0 radical (unpaired) electrons. The molecule has 1 rings (SSSR count). The first-order valence-electron chi connectivity index (χ1n) is 5.53. The van der Waals surface area contributed by atoms with E-state index in [1.807, 2.05) is 27.8 Å². The lowest BCUT2D eigenvalue weighted by atomic mass is 10.3. The highest BCUT2D eigenvalue weighted by Gasteiger charge is 2.12. The molecule has 0 aliphatic carbocycles. The topological polar surface area (TPSA) is 72.2 Å². The predicted octanol–water partition coefficient (Wildman–Crippen LogP) is 1.19. The summed E-state index contributed by atoms with van der Waals surface area (Å²) in [6.45, 7) is 7.28. The molecular formula is C10H20N4O2. The monoisotopic (exact) mass is 228 g/mol. The normalized spacial score (nSPS) is 14.8. The Morgan fingerprint density at radius 1 is 1.38 bits per heavy atom. The Kier molecular flexibility index (Phi) is 5.21. The number of nitrogens with zero attached hydrogens (tertiary/aromatic N) is 2. The van der Waals surface area contributed by atoms with Crippen molar-refractivity contribution in [1.82, 2.24) is 15.5 Å². The maximum atomic E-state index is 5.41. The summed E-state index contributed by atoms with van der Waals surface area (Å²) < 4.78 is 10.8. The quantitative estimate of drug-likeness (QED) is 0.730. The second kappa shape index (κ2) is 6.44. The van der Waals surface area contributed by atoms with Gasteiger partial charge in [0.15, 0.2) is 0 Å². The molecule has 0 aliphatic rings. The Bertz CT molecular complexity index is 303. The summed E-state index contributed by atoms with van der Waals surface area (Å²) in [6, 6.07) is 0.496. The Balaban J connectivity index is 2.40. The van der Waals surface area contributed by atoms with E-state index >= 15 is 0 Å². The third-order valence-corrected chi connectivity index (χ3v) is 2.24. The molecule has 16 heavy (non-hydrogen) atoms. The van der Waals surface area contributed by atoms with Gasteiger partial charge in [-0.1, -0.05) is 5.10 Å². The summed E-state index contributed by atoms with van der Waals surface area (Å²) in [7, 11) is 1.85. The van der Waals surface area contributed by atoms with Crippen molar-refractivity contribution in [1.29, 1.82) is 0 Å². The zero-order valence-corrected chi connectivity index (χ0v) is 10.3. The van der Waals surface area contributed by atoms with Gasteiger partial charge in [-0.15, -0.1) is 5.10 Å². The lowest BCUT2D eigenvalue weighted by Crippen LogP contribution is -2.19. The van der Waals surface area contributed by atoms with Gasteiger partial charge in [-0.25, -0.2) is 0 Å². The van der Waals surface area contributed by atoms with Crippen LogP contribution in [0.1, 0.15) is 32.7 Å². The molecule has 0 saturated heterocycles. The van der Waals surface area contributed by atoms with Crippen LogP contribution in [0.5, 0.6) is 0 Å². The average molecular weight is 228 g/mol. The molecular weight excluding hydrogens is 208 g/mol. The van der Waals surface area contributed by atoms with Gasteiger partial charge < -0.3 is 19.8 Å². The molecule has 6 heteroatoms. The summed E-state index contributed by atoms with van der Waals surface area (Å²) in [5.74, 6) is 0.578. The zero-order valence-electron chi connectivity index (χ0n) is 10.3. The fraction of sp³-hybridized carbons (Fsp3) is 0.800. The van der Waals surface area contributed by atoms with E-state index in [2.05, 4.69) is 20.8 Å². The smallest absolute Gasteiger partial charge is 0.315 e. The van der Waals surface area contributed by atoms with E-state index in [-0.39, 0.29) is 12.1 Å². The van der Waals surface area contributed by atoms with Crippen LogP contribution in [0.2, 0.25) is 0 Å². The summed E-state index contributed by atoms with van der Waals surface area (Å²) >= 11 is 0. The van der Waals surface area contributed by atoms with Gasteiger partial charge in [0.05, 0.1) is 12.1 Å². The zero-order chi connectivity index (χ0) is 12.0. The van der Waals surface area contributed by atoms with Gasteiger partial charge in [0.2, 0.25) is 5.89 Å². The third-order valence-electron chi connectivity index (χ3n) is 2.24. The van der Waals surface area contributed by atoms with Crippen LogP contribution in [0.25, 0.3) is 0 Å². The van der Waals surface area contributed by atoms with Crippen molar-refractivity contribution in [3.05, 3.63) is 5.89 Å². The highest BCUT2D eigenvalue weighted by Crippen LogP contribution is 2.12. The second-order valence-corrected chi connectivity index (χ2v) is 3.60. The molecule has 2 atom stereocenters. The van der Waals surface area contributed by atoms with Crippen LogP contribution in [0.3, 0.4) is 0 Å². The van der Waals surface area contributed by atoms with Crippen molar-refractivity contribution in [2.45, 2.75) is 32.9 Å². The molecule has 92 valence electrons. The third kappa shape index (κ3) is 3.79.